The number of pyridine rings is 1. The number of hydrogen-bond donors (Lipinski definition) is 0. The normalized spacial score (nSPS) is 22.4. The molecule has 1 fully saturated rings. The van der Waals surface area contributed by atoms with Crippen molar-refractivity contribution in [1.82, 2.24) is 4.98 Å². The van der Waals surface area contributed by atoms with Gasteiger partial charge in [0.2, 0.25) is 5.91 Å². The first-order valence-corrected chi connectivity index (χ1v) is 4.56. The van der Waals surface area contributed by atoms with E-state index >= 15 is 0 Å². The molecule has 0 N–H and O–H groups in total. The second-order valence-corrected chi connectivity index (χ2v) is 3.61. The summed E-state index contributed by atoms with van der Waals surface area (Å²) >= 11 is 5.86. The standard InChI is InChI=1S/C9H9ClN2O/c10-7-5-9(13)12(6-7)8-3-1-2-4-11-8/h1-4,7H,5-6H2. The van der Waals surface area contributed by atoms with Gasteiger partial charge in [0, 0.05) is 19.2 Å². The third-order valence-corrected chi connectivity index (χ3v) is 2.30. The summed E-state index contributed by atoms with van der Waals surface area (Å²) in [7, 11) is 0. The third-order valence-electron chi connectivity index (χ3n) is 2.00. The maximum Gasteiger partial charge on any atom is 0.229 e. The third kappa shape index (κ3) is 1.65. The number of aromatic nitrogens is 1. The summed E-state index contributed by atoms with van der Waals surface area (Å²) in [5.74, 6) is 0.745. The van der Waals surface area contributed by atoms with Gasteiger partial charge in [0.05, 0.1) is 5.38 Å². The lowest BCUT2D eigenvalue weighted by Gasteiger charge is -2.13. The molecule has 0 aliphatic carbocycles. The molecule has 1 unspecified atom stereocenters. The molecule has 4 heteroatoms. The molecule has 1 saturated heterocycles. The first kappa shape index (κ1) is 8.51. The van der Waals surface area contributed by atoms with Crippen LogP contribution in [-0.2, 0) is 4.79 Å². The van der Waals surface area contributed by atoms with E-state index < -0.39 is 0 Å². The first-order chi connectivity index (χ1) is 6.27. The van der Waals surface area contributed by atoms with E-state index in [1.54, 1.807) is 11.1 Å². The Balaban J connectivity index is 2.23. The van der Waals surface area contributed by atoms with E-state index in [0.29, 0.717) is 18.8 Å². The van der Waals surface area contributed by atoms with Crippen LogP contribution in [0.25, 0.3) is 0 Å². The van der Waals surface area contributed by atoms with Crippen molar-refractivity contribution >= 4 is 23.3 Å². The van der Waals surface area contributed by atoms with E-state index in [1.165, 1.54) is 0 Å². The molecule has 68 valence electrons. The highest BCUT2D eigenvalue weighted by Crippen LogP contribution is 2.21. The van der Waals surface area contributed by atoms with Crippen LogP contribution in [0, 0.1) is 0 Å². The van der Waals surface area contributed by atoms with Gasteiger partial charge in [-0.2, -0.15) is 0 Å². The summed E-state index contributed by atoms with van der Waals surface area (Å²) in [5, 5.41) is -0.0745. The second-order valence-electron chi connectivity index (χ2n) is 2.99. The van der Waals surface area contributed by atoms with Gasteiger partial charge in [-0.1, -0.05) is 6.07 Å². The van der Waals surface area contributed by atoms with Crippen molar-refractivity contribution < 1.29 is 4.79 Å². The van der Waals surface area contributed by atoms with Crippen molar-refractivity contribution in [2.24, 2.45) is 0 Å². The second kappa shape index (κ2) is 3.34. The van der Waals surface area contributed by atoms with Gasteiger partial charge in [0.15, 0.2) is 0 Å². The van der Waals surface area contributed by atoms with E-state index in [9.17, 15) is 4.79 Å². The fraction of sp³-hybridized carbons (Fsp3) is 0.333. The fourth-order valence-corrected chi connectivity index (χ4v) is 1.67. The maximum absolute atomic E-state index is 11.4. The Kier molecular flexibility index (Phi) is 2.19. The Hall–Kier alpha value is -1.09. The highest BCUT2D eigenvalue weighted by Gasteiger charge is 2.29. The van der Waals surface area contributed by atoms with E-state index in [4.69, 9.17) is 11.6 Å². The van der Waals surface area contributed by atoms with E-state index in [-0.39, 0.29) is 11.3 Å². The topological polar surface area (TPSA) is 33.2 Å². The minimum Gasteiger partial charge on any atom is -0.295 e. The number of hydrogen-bond acceptors (Lipinski definition) is 2. The van der Waals surface area contributed by atoms with Gasteiger partial charge in [-0.25, -0.2) is 4.98 Å². The summed E-state index contributed by atoms with van der Waals surface area (Å²) in [6, 6.07) is 5.49. The van der Waals surface area contributed by atoms with Crippen molar-refractivity contribution in [2.45, 2.75) is 11.8 Å². The molecule has 0 bridgehead atoms. The summed E-state index contributed by atoms with van der Waals surface area (Å²) < 4.78 is 0. The predicted molar refractivity (Wildman–Crippen MR) is 50.8 cm³/mol. The molecule has 1 atom stereocenters. The number of rotatable bonds is 1. The maximum atomic E-state index is 11.4. The van der Waals surface area contributed by atoms with Crippen molar-refractivity contribution in [3.63, 3.8) is 0 Å². The summed E-state index contributed by atoms with van der Waals surface area (Å²) in [5.41, 5.74) is 0. The minimum absolute atomic E-state index is 0.0544. The SMILES string of the molecule is O=C1CC(Cl)CN1c1ccccn1. The Bertz CT molecular complexity index is 315. The summed E-state index contributed by atoms with van der Waals surface area (Å²) in [6.07, 6.45) is 2.09. The molecule has 1 amide bonds. The smallest absolute Gasteiger partial charge is 0.229 e. The van der Waals surface area contributed by atoms with E-state index in [0.717, 1.165) is 0 Å². The Morgan fingerprint density at radius 3 is 2.92 bits per heavy atom. The van der Waals surface area contributed by atoms with Crippen LogP contribution in [0.15, 0.2) is 24.4 Å². The van der Waals surface area contributed by atoms with Crippen LogP contribution >= 0.6 is 11.6 Å². The molecule has 0 spiro atoms. The molecular weight excluding hydrogens is 188 g/mol. The average Bonchev–Trinajstić information content (AvgIpc) is 2.47. The van der Waals surface area contributed by atoms with Crippen molar-refractivity contribution in [2.75, 3.05) is 11.4 Å². The number of carbonyl (C=O) groups is 1. The van der Waals surface area contributed by atoms with Gasteiger partial charge in [-0.15, -0.1) is 11.6 Å². The van der Waals surface area contributed by atoms with Crippen LogP contribution in [0.2, 0.25) is 0 Å². The van der Waals surface area contributed by atoms with Crippen molar-refractivity contribution in [1.29, 1.82) is 0 Å². The molecule has 3 nitrogen and oxygen atoms in total. The first-order valence-electron chi connectivity index (χ1n) is 4.13. The van der Waals surface area contributed by atoms with Crippen LogP contribution in [0.3, 0.4) is 0 Å². The zero-order valence-electron chi connectivity index (χ0n) is 6.98. The number of amides is 1. The lowest BCUT2D eigenvalue weighted by molar-refractivity contribution is -0.117. The summed E-state index contributed by atoms with van der Waals surface area (Å²) in [6.45, 7) is 0.567. The molecule has 0 saturated carbocycles. The van der Waals surface area contributed by atoms with E-state index in [1.807, 2.05) is 18.2 Å². The van der Waals surface area contributed by atoms with Crippen LogP contribution in [0.4, 0.5) is 5.82 Å². The zero-order chi connectivity index (χ0) is 9.26. The van der Waals surface area contributed by atoms with Gasteiger partial charge in [-0.3, -0.25) is 9.69 Å². The monoisotopic (exact) mass is 196 g/mol. The Labute approximate surface area is 81.3 Å². The molecule has 1 aliphatic rings. The molecule has 1 aromatic rings. The van der Waals surface area contributed by atoms with Crippen molar-refractivity contribution in [3.8, 4) is 0 Å². The van der Waals surface area contributed by atoms with Gasteiger partial charge < -0.3 is 0 Å². The molecule has 0 aromatic carbocycles. The Morgan fingerprint density at radius 2 is 2.38 bits per heavy atom. The van der Waals surface area contributed by atoms with Gasteiger partial charge >= 0.3 is 0 Å². The predicted octanol–water partition coefficient (Wildman–Crippen LogP) is 1.43. The minimum atomic E-state index is -0.0745. The molecular formula is C9H9ClN2O. The number of halogens is 1. The van der Waals surface area contributed by atoms with Gasteiger partial charge in [0.1, 0.15) is 5.82 Å². The van der Waals surface area contributed by atoms with Crippen LogP contribution in [0.5, 0.6) is 0 Å². The number of anilines is 1. The number of nitrogens with zero attached hydrogens (tertiary/aromatic N) is 2. The highest BCUT2D eigenvalue weighted by molar-refractivity contribution is 6.24. The molecule has 2 rings (SSSR count). The summed E-state index contributed by atoms with van der Waals surface area (Å²) in [4.78, 5) is 17.1. The Morgan fingerprint density at radius 1 is 1.54 bits per heavy atom. The molecule has 13 heavy (non-hydrogen) atoms. The van der Waals surface area contributed by atoms with Crippen LogP contribution in [0.1, 0.15) is 6.42 Å². The lowest BCUT2D eigenvalue weighted by atomic mass is 10.4. The largest absolute Gasteiger partial charge is 0.295 e. The molecule has 1 aliphatic heterocycles. The van der Waals surface area contributed by atoms with Gasteiger partial charge in [0.25, 0.3) is 0 Å². The van der Waals surface area contributed by atoms with Crippen LogP contribution in [-0.4, -0.2) is 22.8 Å². The number of alkyl halides is 1. The van der Waals surface area contributed by atoms with E-state index in [2.05, 4.69) is 4.98 Å². The quantitative estimate of drug-likeness (QED) is 0.637. The molecule has 0 radical (unpaired) electrons. The fourth-order valence-electron chi connectivity index (χ4n) is 1.40. The lowest BCUT2D eigenvalue weighted by Crippen LogP contribution is -2.25. The highest BCUT2D eigenvalue weighted by atomic mass is 35.5. The van der Waals surface area contributed by atoms with Gasteiger partial charge in [-0.05, 0) is 12.1 Å². The molecule has 2 heterocycles. The molecule has 1 aromatic heterocycles. The van der Waals surface area contributed by atoms with Crippen molar-refractivity contribution in [3.05, 3.63) is 24.4 Å². The van der Waals surface area contributed by atoms with Crippen LogP contribution < -0.4 is 4.90 Å². The number of carbonyl (C=O) groups excluding carboxylic acids is 1. The zero-order valence-corrected chi connectivity index (χ0v) is 7.74. The average molecular weight is 197 g/mol.